The van der Waals surface area contributed by atoms with Gasteiger partial charge in [-0.1, -0.05) is 12.1 Å². The van der Waals surface area contributed by atoms with E-state index in [0.29, 0.717) is 12.0 Å². The van der Waals surface area contributed by atoms with E-state index < -0.39 is 17.8 Å². The largest absolute Gasteiger partial charge is 0.416 e. The van der Waals surface area contributed by atoms with Crippen molar-refractivity contribution in [2.45, 2.75) is 18.5 Å². The van der Waals surface area contributed by atoms with Crippen molar-refractivity contribution in [3.63, 3.8) is 0 Å². The van der Waals surface area contributed by atoms with E-state index in [1.54, 1.807) is 0 Å². The van der Waals surface area contributed by atoms with Crippen LogP contribution in [0.1, 0.15) is 23.5 Å². The molecule has 134 valence electrons. The van der Waals surface area contributed by atoms with Crippen LogP contribution < -0.4 is 10.6 Å². The van der Waals surface area contributed by atoms with E-state index in [-0.39, 0.29) is 43.3 Å². The van der Waals surface area contributed by atoms with Gasteiger partial charge >= 0.3 is 12.2 Å². The highest BCUT2D eigenvalue weighted by Crippen LogP contribution is 2.47. The number of hydrogen-bond donors (Lipinski definition) is 2. The minimum atomic E-state index is -4.38. The summed E-state index contributed by atoms with van der Waals surface area (Å²) in [5, 5.41) is 5.04. The number of nitrogens with zero attached hydrogens (tertiary/aromatic N) is 1. The predicted octanol–water partition coefficient (Wildman–Crippen LogP) is 1.48. The molecule has 2 fully saturated rings. The second-order valence-electron chi connectivity index (χ2n) is 6.06. The molecule has 0 bridgehead atoms. The highest BCUT2D eigenvalue weighted by Gasteiger charge is 2.44. The van der Waals surface area contributed by atoms with Gasteiger partial charge in [0.05, 0.1) is 12.1 Å². The summed E-state index contributed by atoms with van der Waals surface area (Å²) in [5.41, 5.74) is -0.0197. The molecule has 4 amide bonds. The van der Waals surface area contributed by atoms with E-state index in [1.807, 2.05) is 0 Å². The molecule has 0 radical (unpaired) electrons. The number of urea groups is 1. The average Bonchev–Trinajstić information content (AvgIpc) is 3.30. The Hall–Kier alpha value is -2.58. The Morgan fingerprint density at radius 1 is 1.24 bits per heavy atom. The normalized spacial score (nSPS) is 22.8. The fourth-order valence-corrected chi connectivity index (χ4v) is 2.88. The Balaban J connectivity index is 1.47. The van der Waals surface area contributed by atoms with Gasteiger partial charge in [-0.3, -0.25) is 14.5 Å². The molecule has 25 heavy (non-hydrogen) atoms. The smallest absolute Gasteiger partial charge is 0.354 e. The summed E-state index contributed by atoms with van der Waals surface area (Å²) in [7, 11) is 0. The number of rotatable bonds is 5. The Morgan fingerprint density at radius 3 is 2.48 bits per heavy atom. The Kier molecular flexibility index (Phi) is 4.40. The standard InChI is InChI=1S/C16H16F3N3O3/c17-16(18,19)10-3-1-9(2-4-10)11-7-12(11)14(24)20-5-6-22-13(23)8-21-15(22)25/h1-4,11-12H,5-8H2,(H,20,24)(H,21,25). The topological polar surface area (TPSA) is 78.5 Å². The maximum atomic E-state index is 12.5. The fourth-order valence-electron chi connectivity index (χ4n) is 2.88. The number of carbonyl (C=O) groups is 3. The van der Waals surface area contributed by atoms with Crippen LogP contribution in [0.2, 0.25) is 0 Å². The van der Waals surface area contributed by atoms with Gasteiger partial charge in [0, 0.05) is 19.0 Å². The summed E-state index contributed by atoms with van der Waals surface area (Å²) < 4.78 is 37.6. The first-order valence-electron chi connectivity index (χ1n) is 7.80. The van der Waals surface area contributed by atoms with Crippen molar-refractivity contribution in [2.75, 3.05) is 19.6 Å². The van der Waals surface area contributed by atoms with Gasteiger partial charge in [-0.05, 0) is 30.0 Å². The van der Waals surface area contributed by atoms with Crippen molar-refractivity contribution >= 4 is 17.8 Å². The van der Waals surface area contributed by atoms with Gasteiger partial charge in [0.25, 0.3) is 0 Å². The predicted molar refractivity (Wildman–Crippen MR) is 80.4 cm³/mol. The molecule has 1 heterocycles. The second kappa shape index (κ2) is 6.38. The molecule has 1 aromatic rings. The van der Waals surface area contributed by atoms with E-state index in [1.165, 1.54) is 12.1 Å². The molecule has 1 aliphatic carbocycles. The van der Waals surface area contributed by atoms with E-state index in [9.17, 15) is 27.6 Å². The number of benzene rings is 1. The van der Waals surface area contributed by atoms with Crippen molar-refractivity contribution < 1.29 is 27.6 Å². The maximum absolute atomic E-state index is 12.5. The van der Waals surface area contributed by atoms with Crippen LogP contribution in [0.25, 0.3) is 0 Å². The van der Waals surface area contributed by atoms with Crippen LogP contribution in [0, 0.1) is 5.92 Å². The Bertz CT molecular complexity index is 687. The van der Waals surface area contributed by atoms with E-state index in [4.69, 9.17) is 0 Å². The number of halogens is 3. The molecule has 1 aliphatic heterocycles. The van der Waals surface area contributed by atoms with Crippen LogP contribution in [0.3, 0.4) is 0 Å². The number of imide groups is 1. The van der Waals surface area contributed by atoms with Gasteiger partial charge in [0.2, 0.25) is 11.8 Å². The lowest BCUT2D eigenvalue weighted by Gasteiger charge is -2.12. The van der Waals surface area contributed by atoms with Gasteiger partial charge in [0.15, 0.2) is 0 Å². The first kappa shape index (κ1) is 17.2. The summed E-state index contributed by atoms with van der Waals surface area (Å²) in [6, 6.07) is 4.34. The third kappa shape index (κ3) is 3.75. The summed E-state index contributed by atoms with van der Waals surface area (Å²) in [6.45, 7) is 0.202. The summed E-state index contributed by atoms with van der Waals surface area (Å²) in [5.74, 6) is -0.955. The molecule has 2 N–H and O–H groups in total. The lowest BCUT2D eigenvalue weighted by Crippen LogP contribution is -2.39. The Morgan fingerprint density at radius 2 is 1.92 bits per heavy atom. The van der Waals surface area contributed by atoms with E-state index >= 15 is 0 Å². The minimum absolute atomic E-state index is 0.0363. The molecule has 2 unspecified atom stereocenters. The summed E-state index contributed by atoms with van der Waals surface area (Å²) in [4.78, 5) is 35.8. The highest BCUT2D eigenvalue weighted by atomic mass is 19.4. The quantitative estimate of drug-likeness (QED) is 0.786. The van der Waals surface area contributed by atoms with Crippen molar-refractivity contribution in [1.82, 2.24) is 15.5 Å². The molecule has 2 atom stereocenters. The number of alkyl halides is 3. The van der Waals surface area contributed by atoms with Crippen molar-refractivity contribution in [1.29, 1.82) is 0 Å². The maximum Gasteiger partial charge on any atom is 0.416 e. The van der Waals surface area contributed by atoms with Gasteiger partial charge in [-0.25, -0.2) is 4.79 Å². The third-order valence-electron chi connectivity index (χ3n) is 4.37. The Labute approximate surface area is 141 Å². The first-order valence-corrected chi connectivity index (χ1v) is 7.80. The first-order chi connectivity index (χ1) is 11.8. The van der Waals surface area contributed by atoms with E-state index in [2.05, 4.69) is 10.6 Å². The van der Waals surface area contributed by atoms with Crippen molar-refractivity contribution in [3.8, 4) is 0 Å². The summed E-state index contributed by atoms with van der Waals surface area (Å²) in [6.07, 6.45) is -3.81. The molecular weight excluding hydrogens is 339 g/mol. The molecule has 1 aromatic carbocycles. The number of amides is 4. The van der Waals surface area contributed by atoms with Crippen LogP contribution in [-0.4, -0.2) is 42.4 Å². The zero-order valence-corrected chi connectivity index (χ0v) is 13.1. The van der Waals surface area contributed by atoms with Crippen LogP contribution in [0.4, 0.5) is 18.0 Å². The number of nitrogens with one attached hydrogen (secondary N) is 2. The average molecular weight is 355 g/mol. The lowest BCUT2D eigenvalue weighted by atomic mass is 10.1. The molecule has 3 rings (SSSR count). The van der Waals surface area contributed by atoms with E-state index in [0.717, 1.165) is 17.0 Å². The second-order valence-corrected chi connectivity index (χ2v) is 6.06. The number of hydrogen-bond acceptors (Lipinski definition) is 3. The van der Waals surface area contributed by atoms with Crippen molar-refractivity contribution in [2.24, 2.45) is 5.92 Å². The third-order valence-corrected chi connectivity index (χ3v) is 4.37. The monoisotopic (exact) mass is 355 g/mol. The fraction of sp³-hybridized carbons (Fsp3) is 0.438. The molecule has 0 spiro atoms. The van der Waals surface area contributed by atoms with Gasteiger partial charge in [-0.15, -0.1) is 0 Å². The van der Waals surface area contributed by atoms with Gasteiger partial charge in [0.1, 0.15) is 0 Å². The zero-order chi connectivity index (χ0) is 18.2. The van der Waals surface area contributed by atoms with Gasteiger partial charge < -0.3 is 10.6 Å². The van der Waals surface area contributed by atoms with Gasteiger partial charge in [-0.2, -0.15) is 13.2 Å². The molecule has 1 saturated heterocycles. The minimum Gasteiger partial charge on any atom is -0.354 e. The zero-order valence-electron chi connectivity index (χ0n) is 13.1. The van der Waals surface area contributed by atoms with Crippen LogP contribution >= 0.6 is 0 Å². The number of carbonyl (C=O) groups excluding carboxylic acids is 3. The lowest BCUT2D eigenvalue weighted by molar-refractivity contribution is -0.137. The molecule has 2 aliphatic rings. The highest BCUT2D eigenvalue weighted by molar-refractivity contribution is 6.01. The summed E-state index contributed by atoms with van der Waals surface area (Å²) >= 11 is 0. The molecule has 6 nitrogen and oxygen atoms in total. The van der Waals surface area contributed by atoms with Crippen LogP contribution in [-0.2, 0) is 15.8 Å². The molecular formula is C16H16F3N3O3. The molecule has 1 saturated carbocycles. The molecule has 0 aromatic heterocycles. The van der Waals surface area contributed by atoms with Crippen LogP contribution in [0.15, 0.2) is 24.3 Å². The SMILES string of the molecule is O=C(NCCN1C(=O)CNC1=O)C1CC1c1ccc(C(F)(F)F)cc1. The van der Waals surface area contributed by atoms with Crippen molar-refractivity contribution in [3.05, 3.63) is 35.4 Å². The molecule has 9 heteroatoms. The van der Waals surface area contributed by atoms with Crippen LogP contribution in [0.5, 0.6) is 0 Å².